The van der Waals surface area contributed by atoms with Crippen molar-refractivity contribution in [2.45, 2.75) is 13.3 Å². The molecule has 0 atom stereocenters. The van der Waals surface area contributed by atoms with Gasteiger partial charge >= 0.3 is 6.03 Å². The van der Waals surface area contributed by atoms with Crippen LogP contribution in [0.25, 0.3) is 0 Å². The van der Waals surface area contributed by atoms with Crippen molar-refractivity contribution in [3.8, 4) is 6.07 Å². The number of hydrogen-bond acceptors (Lipinski definition) is 3. The van der Waals surface area contributed by atoms with Crippen molar-refractivity contribution in [2.24, 2.45) is 10.8 Å². The fourth-order valence-corrected chi connectivity index (χ4v) is 1.27. The molecule has 0 radical (unpaired) electrons. The predicted octanol–water partition coefficient (Wildman–Crippen LogP) is 1.12. The standard InChI is InChI=1S/C11H12N4O/c1-2-9-5-8(6-12)3-4-10(9)7-14-15-11(13)16/h3-5,7H,2H2,1H3,(H3,13,15,16). The fourth-order valence-electron chi connectivity index (χ4n) is 1.27. The van der Waals surface area contributed by atoms with Gasteiger partial charge in [0.15, 0.2) is 0 Å². The van der Waals surface area contributed by atoms with Crippen molar-refractivity contribution in [1.82, 2.24) is 5.43 Å². The minimum absolute atomic E-state index is 0.608. The van der Waals surface area contributed by atoms with Gasteiger partial charge in [0, 0.05) is 0 Å². The number of benzene rings is 1. The number of urea groups is 1. The molecule has 0 saturated carbocycles. The molecule has 1 aromatic carbocycles. The summed E-state index contributed by atoms with van der Waals surface area (Å²) >= 11 is 0. The van der Waals surface area contributed by atoms with E-state index in [9.17, 15) is 4.79 Å². The van der Waals surface area contributed by atoms with Crippen molar-refractivity contribution < 1.29 is 4.79 Å². The fraction of sp³-hybridized carbons (Fsp3) is 0.182. The maximum Gasteiger partial charge on any atom is 0.332 e. The lowest BCUT2D eigenvalue weighted by atomic mass is 10.0. The van der Waals surface area contributed by atoms with Gasteiger partial charge in [0.25, 0.3) is 0 Å². The highest BCUT2D eigenvalue weighted by atomic mass is 16.2. The summed E-state index contributed by atoms with van der Waals surface area (Å²) in [6.07, 6.45) is 2.29. The molecule has 0 spiro atoms. The Morgan fingerprint density at radius 2 is 2.44 bits per heavy atom. The van der Waals surface area contributed by atoms with E-state index in [0.29, 0.717) is 5.56 Å². The highest BCUT2D eigenvalue weighted by Gasteiger charge is 2.00. The van der Waals surface area contributed by atoms with E-state index in [1.807, 2.05) is 6.92 Å². The van der Waals surface area contributed by atoms with Crippen molar-refractivity contribution in [2.75, 3.05) is 0 Å². The number of hydrogen-bond donors (Lipinski definition) is 2. The van der Waals surface area contributed by atoms with Crippen molar-refractivity contribution >= 4 is 12.2 Å². The van der Waals surface area contributed by atoms with E-state index >= 15 is 0 Å². The van der Waals surface area contributed by atoms with Crippen LogP contribution in [0.5, 0.6) is 0 Å². The molecule has 0 aromatic heterocycles. The number of nitriles is 1. The van der Waals surface area contributed by atoms with Crippen LogP contribution < -0.4 is 11.2 Å². The molecule has 5 nitrogen and oxygen atoms in total. The van der Waals surface area contributed by atoms with Crippen molar-refractivity contribution in [3.63, 3.8) is 0 Å². The summed E-state index contributed by atoms with van der Waals surface area (Å²) in [4.78, 5) is 10.4. The molecule has 16 heavy (non-hydrogen) atoms. The molecule has 0 saturated heterocycles. The molecule has 0 unspecified atom stereocenters. The van der Waals surface area contributed by atoms with Crippen LogP contribution in [0.4, 0.5) is 4.79 Å². The first kappa shape index (κ1) is 11.7. The van der Waals surface area contributed by atoms with E-state index in [2.05, 4.69) is 16.6 Å². The highest BCUT2D eigenvalue weighted by molar-refractivity contribution is 5.83. The zero-order valence-electron chi connectivity index (χ0n) is 8.90. The number of amides is 2. The van der Waals surface area contributed by atoms with Gasteiger partial charge in [-0.2, -0.15) is 10.4 Å². The molecule has 1 rings (SSSR count). The van der Waals surface area contributed by atoms with E-state index in [4.69, 9.17) is 11.0 Å². The second-order valence-corrected chi connectivity index (χ2v) is 3.11. The van der Waals surface area contributed by atoms with Gasteiger partial charge in [0.05, 0.1) is 17.8 Å². The molecule has 0 aliphatic rings. The average Bonchev–Trinajstić information content (AvgIpc) is 2.29. The summed E-state index contributed by atoms with van der Waals surface area (Å²) in [7, 11) is 0. The Kier molecular flexibility index (Phi) is 4.04. The van der Waals surface area contributed by atoms with Gasteiger partial charge in [-0.3, -0.25) is 0 Å². The molecule has 0 bridgehead atoms. The van der Waals surface area contributed by atoms with Crippen molar-refractivity contribution in [1.29, 1.82) is 5.26 Å². The molecule has 2 amide bonds. The Labute approximate surface area is 93.6 Å². The van der Waals surface area contributed by atoms with Crippen LogP contribution >= 0.6 is 0 Å². The lowest BCUT2D eigenvalue weighted by Crippen LogP contribution is -2.24. The number of nitrogens with two attached hydrogens (primary N) is 1. The molecular formula is C11H12N4O. The lowest BCUT2D eigenvalue weighted by molar-refractivity contribution is 0.249. The summed E-state index contributed by atoms with van der Waals surface area (Å²) in [6.45, 7) is 1.98. The number of primary amides is 1. The number of aryl methyl sites for hydroxylation is 1. The smallest absolute Gasteiger partial charge is 0.332 e. The summed E-state index contributed by atoms with van der Waals surface area (Å²) < 4.78 is 0. The molecule has 0 aliphatic heterocycles. The van der Waals surface area contributed by atoms with Gasteiger partial charge in [0.1, 0.15) is 0 Å². The zero-order valence-corrected chi connectivity index (χ0v) is 8.90. The second kappa shape index (κ2) is 5.51. The van der Waals surface area contributed by atoms with Crippen LogP contribution in [0.15, 0.2) is 23.3 Å². The topological polar surface area (TPSA) is 91.3 Å². The monoisotopic (exact) mass is 216 g/mol. The van der Waals surface area contributed by atoms with E-state index < -0.39 is 6.03 Å². The first-order valence-electron chi connectivity index (χ1n) is 4.79. The molecule has 3 N–H and O–H groups in total. The minimum Gasteiger partial charge on any atom is -0.350 e. The van der Waals surface area contributed by atoms with Gasteiger partial charge in [-0.25, -0.2) is 10.2 Å². The lowest BCUT2D eigenvalue weighted by Gasteiger charge is -2.02. The number of nitrogens with one attached hydrogen (secondary N) is 1. The molecule has 0 fully saturated rings. The summed E-state index contributed by atoms with van der Waals surface area (Å²) in [5, 5.41) is 12.4. The molecule has 1 aromatic rings. The Balaban J connectivity index is 2.92. The Morgan fingerprint density at radius 3 is 3.00 bits per heavy atom. The van der Waals surface area contributed by atoms with Crippen LogP contribution in [0.3, 0.4) is 0 Å². The minimum atomic E-state index is -0.706. The van der Waals surface area contributed by atoms with Crippen LogP contribution in [0, 0.1) is 11.3 Å². The Morgan fingerprint density at radius 1 is 1.69 bits per heavy atom. The highest BCUT2D eigenvalue weighted by Crippen LogP contribution is 2.10. The van der Waals surface area contributed by atoms with Gasteiger partial charge in [-0.05, 0) is 29.7 Å². The summed E-state index contributed by atoms with van der Waals surface area (Å²) in [6, 6.07) is 6.64. The SMILES string of the molecule is CCc1cc(C#N)ccc1C=NNC(N)=O. The third-order valence-electron chi connectivity index (χ3n) is 2.03. The maximum atomic E-state index is 10.4. The number of nitrogens with zero attached hydrogens (tertiary/aromatic N) is 2. The van der Waals surface area contributed by atoms with E-state index in [0.717, 1.165) is 17.5 Å². The van der Waals surface area contributed by atoms with Crippen molar-refractivity contribution in [3.05, 3.63) is 34.9 Å². The predicted molar refractivity (Wildman–Crippen MR) is 60.8 cm³/mol. The van der Waals surface area contributed by atoms with Crippen LogP contribution in [0.1, 0.15) is 23.6 Å². The quantitative estimate of drug-likeness (QED) is 0.585. The van der Waals surface area contributed by atoms with Gasteiger partial charge in [-0.15, -0.1) is 0 Å². The van der Waals surface area contributed by atoms with Gasteiger partial charge in [0.2, 0.25) is 0 Å². The third-order valence-corrected chi connectivity index (χ3v) is 2.03. The molecular weight excluding hydrogens is 204 g/mol. The molecule has 0 heterocycles. The van der Waals surface area contributed by atoms with E-state index in [1.165, 1.54) is 6.21 Å². The molecule has 82 valence electrons. The number of rotatable bonds is 3. The summed E-state index contributed by atoms with van der Waals surface area (Å²) in [5.74, 6) is 0. The number of hydrazone groups is 1. The van der Waals surface area contributed by atoms with E-state index in [-0.39, 0.29) is 0 Å². The number of carbonyl (C=O) groups excluding carboxylic acids is 1. The molecule has 5 heteroatoms. The third kappa shape index (κ3) is 3.10. The second-order valence-electron chi connectivity index (χ2n) is 3.11. The van der Waals surface area contributed by atoms with Gasteiger partial charge in [-0.1, -0.05) is 13.0 Å². The first-order valence-corrected chi connectivity index (χ1v) is 4.79. The van der Waals surface area contributed by atoms with E-state index in [1.54, 1.807) is 18.2 Å². The van der Waals surface area contributed by atoms with Gasteiger partial charge < -0.3 is 5.73 Å². The van der Waals surface area contributed by atoms with Crippen LogP contribution in [0.2, 0.25) is 0 Å². The summed E-state index contributed by atoms with van der Waals surface area (Å²) in [5.41, 5.74) is 9.44. The first-order chi connectivity index (χ1) is 7.67. The zero-order chi connectivity index (χ0) is 12.0. The van der Waals surface area contributed by atoms with Crippen LogP contribution in [-0.4, -0.2) is 12.2 Å². The molecule has 0 aliphatic carbocycles. The Bertz CT molecular complexity index is 460. The number of carbonyl (C=O) groups is 1. The normalized spacial score (nSPS) is 10.0. The average molecular weight is 216 g/mol. The van der Waals surface area contributed by atoms with Crippen LogP contribution in [-0.2, 0) is 6.42 Å². The Hall–Kier alpha value is -2.35. The largest absolute Gasteiger partial charge is 0.350 e. The maximum absolute atomic E-state index is 10.4.